The van der Waals surface area contributed by atoms with Gasteiger partial charge in [-0.3, -0.25) is 0 Å². The molecule has 0 N–H and O–H groups in total. The molecule has 7 heteroatoms. The second-order valence-corrected chi connectivity index (χ2v) is 4.18. The Hall–Kier alpha value is -2.00. The molecule has 0 bridgehead atoms. The summed E-state index contributed by atoms with van der Waals surface area (Å²) in [6.07, 6.45) is -3.87. The van der Waals surface area contributed by atoms with Gasteiger partial charge in [0.2, 0.25) is 0 Å². The van der Waals surface area contributed by atoms with Crippen LogP contribution < -0.4 is 0 Å². The largest absolute Gasteiger partial charge is 0.433 e. The van der Waals surface area contributed by atoms with Gasteiger partial charge in [0.25, 0.3) is 0 Å². The second-order valence-electron chi connectivity index (χ2n) is 3.74. The molecule has 1 aromatic heterocycles. The van der Waals surface area contributed by atoms with Gasteiger partial charge in [0, 0.05) is 10.6 Å². The van der Waals surface area contributed by atoms with Crippen LogP contribution in [-0.4, -0.2) is 9.78 Å². The molecule has 0 radical (unpaired) electrons. The first-order valence-electron chi connectivity index (χ1n) is 5.20. The molecule has 0 atom stereocenters. The molecule has 98 valence electrons. The van der Waals surface area contributed by atoms with E-state index in [9.17, 15) is 13.2 Å². The molecule has 0 fully saturated rings. The molecule has 3 nitrogen and oxygen atoms in total. The topological polar surface area (TPSA) is 41.6 Å². The van der Waals surface area contributed by atoms with Gasteiger partial charge in [0.1, 0.15) is 0 Å². The highest BCUT2D eigenvalue weighted by Gasteiger charge is 2.38. The molecule has 19 heavy (non-hydrogen) atoms. The Kier molecular flexibility index (Phi) is 3.49. The Bertz CT molecular complexity index is 623. The van der Waals surface area contributed by atoms with Crippen LogP contribution in [0.1, 0.15) is 11.3 Å². The van der Waals surface area contributed by atoms with E-state index in [0.717, 1.165) is 10.9 Å². The molecule has 0 aliphatic rings. The number of hydrogen-bond acceptors (Lipinski definition) is 2. The average molecular weight is 286 g/mol. The lowest BCUT2D eigenvalue weighted by Gasteiger charge is -2.11. The zero-order valence-corrected chi connectivity index (χ0v) is 10.2. The third-order valence-electron chi connectivity index (χ3n) is 2.45. The van der Waals surface area contributed by atoms with Crippen molar-refractivity contribution in [1.82, 2.24) is 9.78 Å². The molecule has 0 amide bonds. The first kappa shape index (κ1) is 13.4. The van der Waals surface area contributed by atoms with Crippen LogP contribution in [0.4, 0.5) is 13.2 Å². The third-order valence-corrected chi connectivity index (χ3v) is 2.71. The SMILES string of the molecule is N#CCc1cnn(-c2ccc(Cl)cc2)c1C(F)(F)F. The van der Waals surface area contributed by atoms with Crippen LogP contribution >= 0.6 is 11.6 Å². The van der Waals surface area contributed by atoms with Crippen molar-refractivity contribution in [3.63, 3.8) is 0 Å². The van der Waals surface area contributed by atoms with Crippen molar-refractivity contribution < 1.29 is 13.2 Å². The molecular formula is C12H7ClF3N3. The normalized spacial score (nSPS) is 11.3. The molecule has 0 saturated heterocycles. The molecule has 0 saturated carbocycles. The Morgan fingerprint density at radius 3 is 2.42 bits per heavy atom. The molecule has 2 rings (SSSR count). The number of aromatic nitrogens is 2. The summed E-state index contributed by atoms with van der Waals surface area (Å²) < 4.78 is 39.9. The minimum atomic E-state index is -4.58. The molecule has 2 aromatic rings. The lowest BCUT2D eigenvalue weighted by atomic mass is 10.2. The fourth-order valence-corrected chi connectivity index (χ4v) is 1.80. The number of nitrogens with zero attached hydrogens (tertiary/aromatic N) is 3. The molecule has 0 unspecified atom stereocenters. The lowest BCUT2D eigenvalue weighted by Crippen LogP contribution is -2.15. The van der Waals surface area contributed by atoms with Crippen molar-refractivity contribution in [1.29, 1.82) is 5.26 Å². The van der Waals surface area contributed by atoms with E-state index in [1.54, 1.807) is 6.07 Å². The molecule has 0 aliphatic carbocycles. The maximum absolute atomic E-state index is 13.0. The van der Waals surface area contributed by atoms with Crippen LogP contribution in [0.15, 0.2) is 30.5 Å². The number of halogens is 4. The average Bonchev–Trinajstić information content (AvgIpc) is 2.74. The van der Waals surface area contributed by atoms with Gasteiger partial charge in [0.05, 0.1) is 24.4 Å². The monoisotopic (exact) mass is 285 g/mol. The van der Waals surface area contributed by atoms with Crippen molar-refractivity contribution in [2.24, 2.45) is 0 Å². The summed E-state index contributed by atoms with van der Waals surface area (Å²) in [6, 6.07) is 7.51. The van der Waals surface area contributed by atoms with E-state index in [1.807, 2.05) is 0 Å². The van der Waals surface area contributed by atoms with Gasteiger partial charge < -0.3 is 0 Å². The van der Waals surface area contributed by atoms with Crippen molar-refractivity contribution in [3.05, 3.63) is 46.7 Å². The maximum atomic E-state index is 13.0. The van der Waals surface area contributed by atoms with Gasteiger partial charge in [-0.25, -0.2) is 4.68 Å². The summed E-state index contributed by atoms with van der Waals surface area (Å²) in [7, 11) is 0. The Labute approximate surface area is 111 Å². The molecule has 0 aliphatic heterocycles. The van der Waals surface area contributed by atoms with Gasteiger partial charge in [-0.1, -0.05) is 11.6 Å². The summed E-state index contributed by atoms with van der Waals surface area (Å²) in [5.41, 5.74) is -0.845. The highest BCUT2D eigenvalue weighted by molar-refractivity contribution is 6.30. The number of benzene rings is 1. The van der Waals surface area contributed by atoms with Crippen molar-refractivity contribution in [3.8, 4) is 11.8 Å². The van der Waals surface area contributed by atoms with Crippen LogP contribution in [0.5, 0.6) is 0 Å². The first-order chi connectivity index (χ1) is 8.93. The molecular weight excluding hydrogens is 279 g/mol. The van der Waals surface area contributed by atoms with Crippen LogP contribution in [0.3, 0.4) is 0 Å². The van der Waals surface area contributed by atoms with Gasteiger partial charge in [0.15, 0.2) is 5.69 Å². The quantitative estimate of drug-likeness (QED) is 0.846. The highest BCUT2D eigenvalue weighted by atomic mass is 35.5. The smallest absolute Gasteiger partial charge is 0.228 e. The van der Waals surface area contributed by atoms with Crippen LogP contribution in [0, 0.1) is 11.3 Å². The first-order valence-corrected chi connectivity index (χ1v) is 5.58. The highest BCUT2D eigenvalue weighted by Crippen LogP contribution is 2.33. The van der Waals surface area contributed by atoms with Gasteiger partial charge >= 0.3 is 6.18 Å². The summed E-state index contributed by atoms with van der Waals surface area (Å²) in [6.45, 7) is 0. The lowest BCUT2D eigenvalue weighted by molar-refractivity contribution is -0.143. The van der Waals surface area contributed by atoms with E-state index in [2.05, 4.69) is 5.10 Å². The minimum Gasteiger partial charge on any atom is -0.228 e. The van der Waals surface area contributed by atoms with Crippen LogP contribution in [-0.2, 0) is 12.6 Å². The zero-order valence-electron chi connectivity index (χ0n) is 9.45. The van der Waals surface area contributed by atoms with E-state index in [-0.39, 0.29) is 17.7 Å². The molecule has 0 spiro atoms. The molecule has 1 aromatic carbocycles. The standard InChI is InChI=1S/C12H7ClF3N3/c13-9-1-3-10(4-2-9)19-11(12(14,15)16)8(5-6-17)7-18-19/h1-4,7H,5H2. The number of hydrogen-bond donors (Lipinski definition) is 0. The van der Waals surface area contributed by atoms with Gasteiger partial charge in [-0.2, -0.15) is 23.5 Å². The Morgan fingerprint density at radius 2 is 1.89 bits per heavy atom. The van der Waals surface area contributed by atoms with Crippen molar-refractivity contribution in [2.45, 2.75) is 12.6 Å². The van der Waals surface area contributed by atoms with E-state index in [0.29, 0.717) is 5.02 Å². The number of nitriles is 1. The fraction of sp³-hybridized carbons (Fsp3) is 0.167. The van der Waals surface area contributed by atoms with Crippen molar-refractivity contribution >= 4 is 11.6 Å². The maximum Gasteiger partial charge on any atom is 0.433 e. The van der Waals surface area contributed by atoms with Gasteiger partial charge in [-0.05, 0) is 24.3 Å². The predicted molar refractivity (Wildman–Crippen MR) is 62.9 cm³/mol. The second kappa shape index (κ2) is 4.94. The zero-order chi connectivity index (χ0) is 14.0. The van der Waals surface area contributed by atoms with Crippen molar-refractivity contribution in [2.75, 3.05) is 0 Å². The summed E-state index contributed by atoms with van der Waals surface area (Å²) >= 11 is 5.69. The predicted octanol–water partition coefficient (Wildman–Crippen LogP) is 3.61. The fourth-order valence-electron chi connectivity index (χ4n) is 1.68. The summed E-state index contributed by atoms with van der Waals surface area (Å²) in [5.74, 6) is 0. The number of rotatable bonds is 2. The summed E-state index contributed by atoms with van der Waals surface area (Å²) in [5, 5.41) is 12.7. The van der Waals surface area contributed by atoms with E-state index < -0.39 is 11.9 Å². The van der Waals surface area contributed by atoms with E-state index >= 15 is 0 Å². The third kappa shape index (κ3) is 2.71. The number of alkyl halides is 3. The Morgan fingerprint density at radius 1 is 1.26 bits per heavy atom. The van der Waals surface area contributed by atoms with Crippen LogP contribution in [0.2, 0.25) is 5.02 Å². The minimum absolute atomic E-state index is 0.148. The van der Waals surface area contributed by atoms with E-state index in [1.165, 1.54) is 24.3 Å². The molecule has 1 heterocycles. The summed E-state index contributed by atoms with van der Waals surface area (Å²) in [4.78, 5) is 0. The Balaban J connectivity index is 2.58. The van der Waals surface area contributed by atoms with E-state index in [4.69, 9.17) is 16.9 Å². The van der Waals surface area contributed by atoms with Gasteiger partial charge in [-0.15, -0.1) is 0 Å². The van der Waals surface area contributed by atoms with Crippen LogP contribution in [0.25, 0.3) is 5.69 Å².